The Labute approximate surface area is 102 Å². The van der Waals surface area contributed by atoms with E-state index in [4.69, 9.17) is 5.11 Å². The molecule has 0 amide bonds. The molecule has 3 atom stereocenters. The van der Waals surface area contributed by atoms with E-state index in [-0.39, 0.29) is 0 Å². The van der Waals surface area contributed by atoms with Crippen LogP contribution in [0.5, 0.6) is 0 Å². The molecule has 0 radical (unpaired) electrons. The van der Waals surface area contributed by atoms with Crippen molar-refractivity contribution < 1.29 is 9.90 Å². The van der Waals surface area contributed by atoms with E-state index in [9.17, 15) is 4.79 Å². The first-order valence-corrected chi connectivity index (χ1v) is 6.28. The number of aryl methyl sites for hydroxylation is 1. The van der Waals surface area contributed by atoms with Gasteiger partial charge in [-0.1, -0.05) is 13.8 Å². The van der Waals surface area contributed by atoms with E-state index in [2.05, 4.69) is 18.9 Å². The highest BCUT2D eigenvalue weighted by atomic mass is 16.4. The Bertz CT molecular complexity index is 425. The second-order valence-electron chi connectivity index (χ2n) is 5.33. The molecule has 0 bridgehead atoms. The third-order valence-corrected chi connectivity index (χ3v) is 4.09. The average Bonchev–Trinajstić information content (AvgIpc) is 2.64. The number of carbonyl (C=O) groups is 1. The molecule has 1 aromatic heterocycles. The van der Waals surface area contributed by atoms with E-state index in [1.165, 1.54) is 6.42 Å². The monoisotopic (exact) mass is 236 g/mol. The number of aromatic carboxylic acids is 1. The number of hydrogen-bond acceptors (Lipinski definition) is 2. The lowest BCUT2D eigenvalue weighted by Gasteiger charge is -2.32. The molecule has 0 aromatic carbocycles. The maximum atomic E-state index is 11.0. The SMILES string of the molecule is Cc1nn(C2CCC(C)C(C)C2)cc1C(=O)O. The van der Waals surface area contributed by atoms with Crippen LogP contribution in [0.2, 0.25) is 0 Å². The average molecular weight is 236 g/mol. The minimum absolute atomic E-state index is 0.330. The van der Waals surface area contributed by atoms with Gasteiger partial charge in [0.1, 0.15) is 5.56 Å². The van der Waals surface area contributed by atoms with Crippen molar-refractivity contribution in [2.24, 2.45) is 11.8 Å². The summed E-state index contributed by atoms with van der Waals surface area (Å²) in [5.41, 5.74) is 0.944. The van der Waals surface area contributed by atoms with Crippen LogP contribution >= 0.6 is 0 Å². The molecular weight excluding hydrogens is 216 g/mol. The van der Waals surface area contributed by atoms with Crippen LogP contribution in [0.4, 0.5) is 0 Å². The van der Waals surface area contributed by atoms with E-state index in [1.807, 2.05) is 4.68 Å². The lowest BCUT2D eigenvalue weighted by atomic mass is 9.79. The Kier molecular flexibility index (Phi) is 3.22. The maximum Gasteiger partial charge on any atom is 0.339 e. The Hall–Kier alpha value is -1.32. The van der Waals surface area contributed by atoms with Gasteiger partial charge >= 0.3 is 5.97 Å². The van der Waals surface area contributed by atoms with Gasteiger partial charge in [0, 0.05) is 6.20 Å². The normalized spacial score (nSPS) is 29.2. The molecule has 1 heterocycles. The zero-order valence-corrected chi connectivity index (χ0v) is 10.7. The van der Waals surface area contributed by atoms with Gasteiger partial charge in [0.2, 0.25) is 0 Å². The van der Waals surface area contributed by atoms with Crippen LogP contribution in [0.1, 0.15) is 55.2 Å². The maximum absolute atomic E-state index is 11.0. The van der Waals surface area contributed by atoms with Crippen molar-refractivity contribution >= 4 is 5.97 Å². The standard InChI is InChI=1S/C13H20N2O2/c1-8-4-5-11(6-9(8)2)15-7-12(13(16)17)10(3)14-15/h7-9,11H,4-6H2,1-3H3,(H,16,17). The van der Waals surface area contributed by atoms with Crippen molar-refractivity contribution in [2.45, 2.75) is 46.1 Å². The number of hydrogen-bond donors (Lipinski definition) is 1. The van der Waals surface area contributed by atoms with Gasteiger partial charge in [0.25, 0.3) is 0 Å². The molecule has 2 rings (SSSR count). The van der Waals surface area contributed by atoms with Crippen molar-refractivity contribution in [1.29, 1.82) is 0 Å². The van der Waals surface area contributed by atoms with Crippen LogP contribution in [0.15, 0.2) is 6.20 Å². The van der Waals surface area contributed by atoms with Crippen LogP contribution in [-0.2, 0) is 0 Å². The van der Waals surface area contributed by atoms with Crippen LogP contribution in [0.3, 0.4) is 0 Å². The van der Waals surface area contributed by atoms with Gasteiger partial charge in [-0.05, 0) is 38.0 Å². The summed E-state index contributed by atoms with van der Waals surface area (Å²) in [5.74, 6) is 0.569. The molecular formula is C13H20N2O2. The van der Waals surface area contributed by atoms with E-state index in [1.54, 1.807) is 13.1 Å². The number of rotatable bonds is 2. The molecule has 1 saturated carbocycles. The van der Waals surface area contributed by atoms with Crippen LogP contribution < -0.4 is 0 Å². The van der Waals surface area contributed by atoms with E-state index >= 15 is 0 Å². The summed E-state index contributed by atoms with van der Waals surface area (Å²) in [6, 6.07) is 0.369. The zero-order chi connectivity index (χ0) is 12.6. The highest BCUT2D eigenvalue weighted by molar-refractivity contribution is 5.88. The summed E-state index contributed by atoms with van der Waals surface area (Å²) in [5, 5.41) is 13.4. The molecule has 1 fully saturated rings. The van der Waals surface area contributed by atoms with Gasteiger partial charge in [-0.15, -0.1) is 0 Å². The van der Waals surface area contributed by atoms with Gasteiger partial charge in [-0.3, -0.25) is 4.68 Å². The van der Waals surface area contributed by atoms with Crippen LogP contribution in [-0.4, -0.2) is 20.9 Å². The summed E-state index contributed by atoms with van der Waals surface area (Å²) in [7, 11) is 0. The van der Waals surface area contributed by atoms with E-state index in [0.29, 0.717) is 23.2 Å². The minimum Gasteiger partial charge on any atom is -0.478 e. The van der Waals surface area contributed by atoms with Crippen LogP contribution in [0.25, 0.3) is 0 Å². The highest BCUT2D eigenvalue weighted by Gasteiger charge is 2.27. The number of carboxylic acid groups (broad SMARTS) is 1. The first-order valence-electron chi connectivity index (χ1n) is 6.28. The smallest absolute Gasteiger partial charge is 0.339 e. The fourth-order valence-electron chi connectivity index (χ4n) is 2.64. The van der Waals surface area contributed by atoms with Gasteiger partial charge in [0.15, 0.2) is 0 Å². The predicted molar refractivity (Wildman–Crippen MR) is 65.1 cm³/mol. The Morgan fingerprint density at radius 1 is 1.41 bits per heavy atom. The second-order valence-corrected chi connectivity index (χ2v) is 5.33. The molecule has 4 heteroatoms. The largest absolute Gasteiger partial charge is 0.478 e. The lowest BCUT2D eigenvalue weighted by Crippen LogP contribution is -2.23. The van der Waals surface area contributed by atoms with Crippen molar-refractivity contribution in [3.05, 3.63) is 17.5 Å². The van der Waals surface area contributed by atoms with Gasteiger partial charge < -0.3 is 5.11 Å². The van der Waals surface area contributed by atoms with Crippen LogP contribution in [0, 0.1) is 18.8 Å². The highest BCUT2D eigenvalue weighted by Crippen LogP contribution is 2.36. The third kappa shape index (κ3) is 2.35. The summed E-state index contributed by atoms with van der Waals surface area (Å²) in [4.78, 5) is 11.0. The minimum atomic E-state index is -0.883. The van der Waals surface area contributed by atoms with Gasteiger partial charge in [-0.25, -0.2) is 4.79 Å². The molecule has 17 heavy (non-hydrogen) atoms. The molecule has 0 aliphatic heterocycles. The lowest BCUT2D eigenvalue weighted by molar-refractivity contribution is 0.0696. The fourth-order valence-corrected chi connectivity index (χ4v) is 2.64. The molecule has 0 saturated heterocycles. The third-order valence-electron chi connectivity index (χ3n) is 4.09. The molecule has 94 valence electrons. The van der Waals surface area contributed by atoms with Gasteiger partial charge in [-0.2, -0.15) is 5.10 Å². The Morgan fingerprint density at radius 3 is 2.65 bits per heavy atom. The summed E-state index contributed by atoms with van der Waals surface area (Å²) in [6.07, 6.45) is 5.09. The fraction of sp³-hybridized carbons (Fsp3) is 0.692. The predicted octanol–water partition coefficient (Wildman–Crippen LogP) is 2.89. The molecule has 1 aliphatic rings. The van der Waals surface area contributed by atoms with Gasteiger partial charge in [0.05, 0.1) is 11.7 Å². The Balaban J connectivity index is 2.18. The molecule has 1 aliphatic carbocycles. The Morgan fingerprint density at radius 2 is 2.12 bits per heavy atom. The van der Waals surface area contributed by atoms with Crippen molar-refractivity contribution in [3.63, 3.8) is 0 Å². The molecule has 1 N–H and O–H groups in total. The van der Waals surface area contributed by atoms with Crippen molar-refractivity contribution in [2.75, 3.05) is 0 Å². The molecule has 1 aromatic rings. The topological polar surface area (TPSA) is 55.1 Å². The first-order chi connectivity index (χ1) is 7.99. The van der Waals surface area contributed by atoms with E-state index in [0.717, 1.165) is 18.8 Å². The molecule has 3 unspecified atom stereocenters. The van der Waals surface area contributed by atoms with E-state index < -0.39 is 5.97 Å². The number of nitrogens with zero attached hydrogens (tertiary/aromatic N) is 2. The quantitative estimate of drug-likeness (QED) is 0.859. The number of carboxylic acids is 1. The summed E-state index contributed by atoms with van der Waals surface area (Å²) in [6.45, 7) is 6.32. The molecule has 0 spiro atoms. The molecule has 4 nitrogen and oxygen atoms in total. The number of aromatic nitrogens is 2. The van der Waals surface area contributed by atoms with Crippen molar-refractivity contribution in [3.8, 4) is 0 Å². The zero-order valence-electron chi connectivity index (χ0n) is 10.7. The summed E-state index contributed by atoms with van der Waals surface area (Å²) >= 11 is 0. The second kappa shape index (κ2) is 4.51. The summed E-state index contributed by atoms with van der Waals surface area (Å²) < 4.78 is 1.86. The van der Waals surface area contributed by atoms with Crippen molar-refractivity contribution in [1.82, 2.24) is 9.78 Å². The first kappa shape index (κ1) is 12.1.